The highest BCUT2D eigenvalue weighted by Crippen LogP contribution is 2.26. The summed E-state index contributed by atoms with van der Waals surface area (Å²) >= 11 is 0. The van der Waals surface area contributed by atoms with Gasteiger partial charge < -0.3 is 5.32 Å². The largest absolute Gasteiger partial charge is 0.309 e. The first-order valence-electron chi connectivity index (χ1n) is 6.85. The van der Waals surface area contributed by atoms with Gasteiger partial charge in [-0.2, -0.15) is 0 Å². The molecule has 0 saturated carbocycles. The molecule has 2 aromatic heterocycles. The van der Waals surface area contributed by atoms with E-state index < -0.39 is 0 Å². The van der Waals surface area contributed by atoms with Crippen LogP contribution in [0.4, 0.5) is 0 Å². The predicted molar refractivity (Wildman–Crippen MR) is 73.2 cm³/mol. The van der Waals surface area contributed by atoms with Crippen LogP contribution in [0.5, 0.6) is 0 Å². The van der Waals surface area contributed by atoms with Gasteiger partial charge in [0, 0.05) is 30.7 Å². The fourth-order valence-electron chi connectivity index (χ4n) is 2.61. The molecule has 19 heavy (non-hydrogen) atoms. The maximum Gasteiger partial charge on any atom is 0.161 e. The molecule has 0 unspecified atom stereocenters. The zero-order valence-electron chi connectivity index (χ0n) is 11.4. The van der Waals surface area contributed by atoms with E-state index >= 15 is 0 Å². The van der Waals surface area contributed by atoms with Crippen molar-refractivity contribution < 1.29 is 0 Å². The van der Waals surface area contributed by atoms with Gasteiger partial charge in [-0.05, 0) is 19.4 Å². The van der Waals surface area contributed by atoms with Crippen molar-refractivity contribution in [2.75, 3.05) is 6.54 Å². The lowest BCUT2D eigenvalue weighted by Crippen LogP contribution is -2.18. The van der Waals surface area contributed by atoms with Crippen molar-refractivity contribution in [3.8, 4) is 5.82 Å². The van der Waals surface area contributed by atoms with Gasteiger partial charge in [0.25, 0.3) is 0 Å². The molecule has 1 atom stereocenters. The molecule has 3 heterocycles. The molecule has 100 valence electrons. The Bertz CT molecular complexity index is 554. The topological polar surface area (TPSA) is 55.6 Å². The van der Waals surface area contributed by atoms with Crippen LogP contribution in [-0.4, -0.2) is 26.1 Å². The minimum Gasteiger partial charge on any atom is -0.309 e. The Balaban J connectivity index is 2.06. The van der Waals surface area contributed by atoms with Crippen LogP contribution < -0.4 is 5.32 Å². The summed E-state index contributed by atoms with van der Waals surface area (Å²) in [5.74, 6) is 2.30. The summed E-state index contributed by atoms with van der Waals surface area (Å²) in [7, 11) is 0. The summed E-state index contributed by atoms with van der Waals surface area (Å²) in [5, 5.41) is 3.49. The molecule has 1 aliphatic rings. The third kappa shape index (κ3) is 2.26. The molecule has 0 radical (unpaired) electrons. The maximum atomic E-state index is 4.54. The highest BCUT2D eigenvalue weighted by molar-refractivity contribution is 5.33. The molecule has 1 saturated heterocycles. The number of nitrogens with zero attached hydrogens (tertiary/aromatic N) is 4. The molecule has 5 heteroatoms. The lowest BCUT2D eigenvalue weighted by molar-refractivity contribution is 0.613. The van der Waals surface area contributed by atoms with E-state index in [2.05, 4.69) is 38.7 Å². The number of hydrogen-bond donors (Lipinski definition) is 1. The Labute approximate surface area is 113 Å². The Morgan fingerprint density at radius 2 is 2.05 bits per heavy atom. The van der Waals surface area contributed by atoms with E-state index in [0.29, 0.717) is 12.0 Å². The van der Waals surface area contributed by atoms with Crippen molar-refractivity contribution in [3.63, 3.8) is 0 Å². The minimum atomic E-state index is 0.311. The summed E-state index contributed by atoms with van der Waals surface area (Å²) in [6, 6.07) is 0.311. The van der Waals surface area contributed by atoms with Gasteiger partial charge in [-0.15, -0.1) is 0 Å². The standard InChI is InChI=1S/C14H19N5/c1-10(2)13-18-8-9-19(13)14-12(16-6-7-17-14)11-4-3-5-15-11/h6-11,15H,3-5H2,1-2H3/t11-/m1/s1. The molecule has 0 amide bonds. The van der Waals surface area contributed by atoms with Crippen LogP contribution in [0.2, 0.25) is 0 Å². The first-order valence-corrected chi connectivity index (χ1v) is 6.85. The SMILES string of the molecule is CC(C)c1nccn1-c1nccnc1[C@H]1CCCN1. The van der Waals surface area contributed by atoms with E-state index in [1.54, 1.807) is 12.4 Å². The van der Waals surface area contributed by atoms with E-state index in [9.17, 15) is 0 Å². The fourth-order valence-corrected chi connectivity index (χ4v) is 2.61. The lowest BCUT2D eigenvalue weighted by atomic mass is 10.1. The third-order valence-electron chi connectivity index (χ3n) is 3.51. The smallest absolute Gasteiger partial charge is 0.161 e. The van der Waals surface area contributed by atoms with Gasteiger partial charge in [0.15, 0.2) is 5.82 Å². The van der Waals surface area contributed by atoms with Crippen LogP contribution in [0.25, 0.3) is 5.82 Å². The second-order valence-electron chi connectivity index (χ2n) is 5.22. The van der Waals surface area contributed by atoms with Gasteiger partial charge in [-0.25, -0.2) is 9.97 Å². The average molecular weight is 257 g/mol. The summed E-state index contributed by atoms with van der Waals surface area (Å²) in [6.45, 7) is 5.34. The molecular weight excluding hydrogens is 238 g/mol. The maximum absolute atomic E-state index is 4.54. The fraction of sp³-hybridized carbons (Fsp3) is 0.500. The number of aromatic nitrogens is 4. The van der Waals surface area contributed by atoms with Gasteiger partial charge in [-0.3, -0.25) is 9.55 Å². The van der Waals surface area contributed by atoms with E-state index in [4.69, 9.17) is 0 Å². The molecule has 0 spiro atoms. The summed E-state index contributed by atoms with van der Waals surface area (Å²) in [4.78, 5) is 13.5. The minimum absolute atomic E-state index is 0.311. The first kappa shape index (κ1) is 12.3. The van der Waals surface area contributed by atoms with Crippen LogP contribution in [0.15, 0.2) is 24.8 Å². The summed E-state index contributed by atoms with van der Waals surface area (Å²) in [6.07, 6.45) is 9.63. The summed E-state index contributed by atoms with van der Waals surface area (Å²) < 4.78 is 2.06. The van der Waals surface area contributed by atoms with Gasteiger partial charge in [-0.1, -0.05) is 13.8 Å². The average Bonchev–Trinajstić information content (AvgIpc) is 3.10. The Kier molecular flexibility index (Phi) is 3.29. The molecule has 0 aromatic carbocycles. The van der Waals surface area contributed by atoms with Crippen LogP contribution in [0.3, 0.4) is 0 Å². The van der Waals surface area contributed by atoms with Crippen molar-refractivity contribution >= 4 is 0 Å². The molecule has 0 aliphatic carbocycles. The molecule has 1 fully saturated rings. The van der Waals surface area contributed by atoms with E-state index in [1.165, 1.54) is 6.42 Å². The summed E-state index contributed by atoms with van der Waals surface area (Å²) in [5.41, 5.74) is 1.03. The van der Waals surface area contributed by atoms with Crippen molar-refractivity contribution in [1.82, 2.24) is 24.8 Å². The molecule has 1 N–H and O–H groups in total. The van der Waals surface area contributed by atoms with Gasteiger partial charge in [0.2, 0.25) is 0 Å². The first-order chi connectivity index (χ1) is 9.27. The molecular formula is C14H19N5. The number of imidazole rings is 1. The second kappa shape index (κ2) is 5.09. The van der Waals surface area contributed by atoms with Gasteiger partial charge >= 0.3 is 0 Å². The van der Waals surface area contributed by atoms with E-state index in [1.807, 2.05) is 12.4 Å². The lowest BCUT2D eigenvalue weighted by Gasteiger charge is -2.16. The molecule has 1 aliphatic heterocycles. The van der Waals surface area contributed by atoms with Crippen LogP contribution >= 0.6 is 0 Å². The van der Waals surface area contributed by atoms with Crippen molar-refractivity contribution in [2.45, 2.75) is 38.6 Å². The highest BCUT2D eigenvalue weighted by Gasteiger charge is 2.23. The second-order valence-corrected chi connectivity index (χ2v) is 5.22. The molecule has 5 nitrogen and oxygen atoms in total. The van der Waals surface area contributed by atoms with Crippen LogP contribution in [0.1, 0.15) is 50.2 Å². The van der Waals surface area contributed by atoms with E-state index in [-0.39, 0.29) is 0 Å². The van der Waals surface area contributed by atoms with Crippen LogP contribution in [0, 0.1) is 0 Å². The monoisotopic (exact) mass is 257 g/mol. The molecule has 3 rings (SSSR count). The normalized spacial score (nSPS) is 19.2. The third-order valence-corrected chi connectivity index (χ3v) is 3.51. The van der Waals surface area contributed by atoms with Crippen molar-refractivity contribution in [2.24, 2.45) is 0 Å². The molecule has 0 bridgehead atoms. The van der Waals surface area contributed by atoms with Crippen molar-refractivity contribution in [1.29, 1.82) is 0 Å². The predicted octanol–water partition coefficient (Wildman–Crippen LogP) is 2.21. The Morgan fingerprint density at radius 1 is 1.21 bits per heavy atom. The number of rotatable bonds is 3. The van der Waals surface area contributed by atoms with Crippen LogP contribution in [-0.2, 0) is 0 Å². The van der Waals surface area contributed by atoms with E-state index in [0.717, 1.165) is 30.3 Å². The van der Waals surface area contributed by atoms with Crippen molar-refractivity contribution in [3.05, 3.63) is 36.3 Å². The zero-order chi connectivity index (χ0) is 13.2. The van der Waals surface area contributed by atoms with Gasteiger partial charge in [0.05, 0.1) is 6.04 Å². The van der Waals surface area contributed by atoms with Gasteiger partial charge in [0.1, 0.15) is 11.5 Å². The quantitative estimate of drug-likeness (QED) is 0.916. The Morgan fingerprint density at radius 3 is 2.79 bits per heavy atom. The molecule has 2 aromatic rings. The Hall–Kier alpha value is -1.75. The number of hydrogen-bond acceptors (Lipinski definition) is 4. The number of nitrogens with one attached hydrogen (secondary N) is 1. The highest BCUT2D eigenvalue weighted by atomic mass is 15.1. The zero-order valence-corrected chi connectivity index (χ0v) is 11.4.